The second-order valence-electron chi connectivity index (χ2n) is 5.67. The molecule has 0 fully saturated rings. The fourth-order valence-electron chi connectivity index (χ4n) is 2.62. The fourth-order valence-corrected chi connectivity index (χ4v) is 2.62. The van der Waals surface area contributed by atoms with Crippen molar-refractivity contribution in [2.45, 2.75) is 6.54 Å². The minimum Gasteiger partial charge on any atom is -0.376 e. The minimum absolute atomic E-state index is 0.491. The van der Waals surface area contributed by atoms with Crippen LogP contribution in [0, 0.1) is 0 Å². The third kappa shape index (κ3) is 3.58. The maximum Gasteiger partial charge on any atom is 0.246 e. The lowest BCUT2D eigenvalue weighted by molar-refractivity contribution is 0.384. The molecule has 122 valence electrons. The fraction of sp³-hybridized carbons (Fsp3) is 0.0476. The van der Waals surface area contributed by atoms with Gasteiger partial charge in [0.15, 0.2) is 0 Å². The van der Waals surface area contributed by atoms with Crippen molar-refractivity contribution in [1.82, 2.24) is 10.1 Å². The molecule has 0 amide bonds. The minimum atomic E-state index is 0.491. The second kappa shape index (κ2) is 7.01. The van der Waals surface area contributed by atoms with Crippen LogP contribution < -0.4 is 5.32 Å². The van der Waals surface area contributed by atoms with Crippen LogP contribution in [0.1, 0.15) is 5.89 Å². The number of benzene rings is 3. The SMILES string of the molecule is c1ccc(-c2ccc(NCc3nc(-c4ccccc4)no3)cc2)cc1. The van der Waals surface area contributed by atoms with Crippen molar-refractivity contribution in [2.24, 2.45) is 0 Å². The first kappa shape index (κ1) is 15.1. The lowest BCUT2D eigenvalue weighted by Gasteiger charge is -2.05. The summed E-state index contributed by atoms with van der Waals surface area (Å²) in [7, 11) is 0. The van der Waals surface area contributed by atoms with Crippen LogP contribution >= 0.6 is 0 Å². The lowest BCUT2D eigenvalue weighted by atomic mass is 10.1. The highest BCUT2D eigenvalue weighted by Gasteiger charge is 2.07. The number of rotatable bonds is 5. The highest BCUT2D eigenvalue weighted by molar-refractivity contribution is 5.65. The van der Waals surface area contributed by atoms with Gasteiger partial charge in [-0.15, -0.1) is 0 Å². The summed E-state index contributed by atoms with van der Waals surface area (Å²) in [6, 6.07) is 28.4. The first-order valence-corrected chi connectivity index (χ1v) is 8.16. The molecule has 0 bridgehead atoms. The van der Waals surface area contributed by atoms with Crippen molar-refractivity contribution < 1.29 is 4.52 Å². The van der Waals surface area contributed by atoms with E-state index in [1.54, 1.807) is 0 Å². The summed E-state index contributed by atoms with van der Waals surface area (Å²) < 4.78 is 5.31. The number of nitrogens with one attached hydrogen (secondary N) is 1. The average Bonchev–Trinajstić information content (AvgIpc) is 3.17. The Kier molecular flexibility index (Phi) is 4.25. The van der Waals surface area contributed by atoms with Crippen LogP contribution in [-0.2, 0) is 6.54 Å². The highest BCUT2D eigenvalue weighted by Crippen LogP contribution is 2.21. The highest BCUT2D eigenvalue weighted by atomic mass is 16.5. The molecule has 4 rings (SSSR count). The molecule has 0 saturated carbocycles. The molecule has 0 radical (unpaired) electrons. The molecule has 0 aliphatic heterocycles. The molecule has 4 nitrogen and oxygen atoms in total. The Morgan fingerprint density at radius 1 is 0.680 bits per heavy atom. The van der Waals surface area contributed by atoms with Crippen LogP contribution in [0.4, 0.5) is 5.69 Å². The predicted octanol–water partition coefficient (Wildman–Crippen LogP) is 5.02. The monoisotopic (exact) mass is 327 g/mol. The maximum atomic E-state index is 5.31. The van der Waals surface area contributed by atoms with Gasteiger partial charge in [-0.3, -0.25) is 0 Å². The Morgan fingerprint density at radius 3 is 1.96 bits per heavy atom. The molecule has 0 aliphatic rings. The van der Waals surface area contributed by atoms with Crippen molar-refractivity contribution in [3.05, 3.63) is 90.8 Å². The van der Waals surface area contributed by atoms with Gasteiger partial charge in [0, 0.05) is 11.3 Å². The zero-order chi connectivity index (χ0) is 16.9. The van der Waals surface area contributed by atoms with Crippen LogP contribution in [0.3, 0.4) is 0 Å². The van der Waals surface area contributed by atoms with Gasteiger partial charge in [0.1, 0.15) is 0 Å². The van der Waals surface area contributed by atoms with E-state index < -0.39 is 0 Å². The second-order valence-corrected chi connectivity index (χ2v) is 5.67. The maximum absolute atomic E-state index is 5.31. The van der Waals surface area contributed by atoms with Crippen LogP contribution in [0.15, 0.2) is 89.5 Å². The summed E-state index contributed by atoms with van der Waals surface area (Å²) in [5.74, 6) is 1.17. The summed E-state index contributed by atoms with van der Waals surface area (Å²) in [6.07, 6.45) is 0. The van der Waals surface area contributed by atoms with Crippen LogP contribution in [-0.4, -0.2) is 10.1 Å². The predicted molar refractivity (Wildman–Crippen MR) is 98.9 cm³/mol. The van der Waals surface area contributed by atoms with Gasteiger partial charge in [-0.05, 0) is 23.3 Å². The van der Waals surface area contributed by atoms with Crippen molar-refractivity contribution in [1.29, 1.82) is 0 Å². The van der Waals surface area contributed by atoms with Gasteiger partial charge in [0.25, 0.3) is 0 Å². The van der Waals surface area contributed by atoms with E-state index in [0.29, 0.717) is 18.3 Å². The molecule has 1 aromatic heterocycles. The number of aromatic nitrogens is 2. The van der Waals surface area contributed by atoms with Gasteiger partial charge in [-0.1, -0.05) is 78.0 Å². The molecule has 0 spiro atoms. The van der Waals surface area contributed by atoms with E-state index in [9.17, 15) is 0 Å². The first-order chi connectivity index (χ1) is 12.4. The van der Waals surface area contributed by atoms with E-state index >= 15 is 0 Å². The van der Waals surface area contributed by atoms with Crippen molar-refractivity contribution in [3.63, 3.8) is 0 Å². The Balaban J connectivity index is 1.41. The van der Waals surface area contributed by atoms with Crippen LogP contribution in [0.5, 0.6) is 0 Å². The molecular formula is C21H17N3O. The molecule has 0 unspecified atom stereocenters. The molecule has 4 heteroatoms. The molecule has 1 N–H and O–H groups in total. The van der Waals surface area contributed by atoms with Gasteiger partial charge in [0.05, 0.1) is 6.54 Å². The Labute approximate surface area is 146 Å². The molecule has 0 atom stereocenters. The molecule has 0 aliphatic carbocycles. The molecule has 0 saturated heterocycles. The zero-order valence-corrected chi connectivity index (χ0v) is 13.6. The molecule has 1 heterocycles. The van der Waals surface area contributed by atoms with E-state index in [1.165, 1.54) is 11.1 Å². The number of anilines is 1. The van der Waals surface area contributed by atoms with E-state index in [-0.39, 0.29) is 0 Å². The summed E-state index contributed by atoms with van der Waals surface area (Å²) in [5, 5.41) is 7.33. The summed E-state index contributed by atoms with van der Waals surface area (Å²) >= 11 is 0. The Hall–Kier alpha value is -3.40. The van der Waals surface area contributed by atoms with E-state index in [4.69, 9.17) is 4.52 Å². The third-order valence-corrected chi connectivity index (χ3v) is 3.94. The molecule has 25 heavy (non-hydrogen) atoms. The topological polar surface area (TPSA) is 51.0 Å². The molecule has 3 aromatic carbocycles. The number of hydrogen-bond acceptors (Lipinski definition) is 4. The summed E-state index contributed by atoms with van der Waals surface area (Å²) in [5.41, 5.74) is 4.36. The number of hydrogen-bond donors (Lipinski definition) is 1. The molecular weight excluding hydrogens is 310 g/mol. The van der Waals surface area contributed by atoms with E-state index in [2.05, 4.69) is 51.9 Å². The van der Waals surface area contributed by atoms with Gasteiger partial charge < -0.3 is 9.84 Å². The van der Waals surface area contributed by atoms with Crippen LogP contribution in [0.25, 0.3) is 22.5 Å². The van der Waals surface area contributed by atoms with Gasteiger partial charge >= 0.3 is 0 Å². The largest absolute Gasteiger partial charge is 0.376 e. The normalized spacial score (nSPS) is 10.6. The smallest absolute Gasteiger partial charge is 0.246 e. The van der Waals surface area contributed by atoms with Gasteiger partial charge in [-0.2, -0.15) is 4.98 Å². The number of nitrogens with zero attached hydrogens (tertiary/aromatic N) is 2. The van der Waals surface area contributed by atoms with Crippen LogP contribution in [0.2, 0.25) is 0 Å². The first-order valence-electron chi connectivity index (χ1n) is 8.16. The summed E-state index contributed by atoms with van der Waals surface area (Å²) in [6.45, 7) is 0.491. The lowest BCUT2D eigenvalue weighted by Crippen LogP contribution is -1.99. The third-order valence-electron chi connectivity index (χ3n) is 3.94. The Bertz CT molecular complexity index is 932. The van der Waals surface area contributed by atoms with Crippen molar-refractivity contribution in [3.8, 4) is 22.5 Å². The standard InChI is InChI=1S/C21H17N3O/c1-3-7-16(8-4-1)17-11-13-19(14-12-17)22-15-20-23-21(24-25-20)18-9-5-2-6-10-18/h1-14,22H,15H2. The summed E-state index contributed by atoms with van der Waals surface area (Å²) in [4.78, 5) is 4.42. The van der Waals surface area contributed by atoms with E-state index in [0.717, 1.165) is 11.3 Å². The van der Waals surface area contributed by atoms with Gasteiger partial charge in [0.2, 0.25) is 11.7 Å². The van der Waals surface area contributed by atoms with Gasteiger partial charge in [-0.25, -0.2) is 0 Å². The quantitative estimate of drug-likeness (QED) is 0.559. The van der Waals surface area contributed by atoms with E-state index in [1.807, 2.05) is 48.5 Å². The van der Waals surface area contributed by atoms with Crippen molar-refractivity contribution >= 4 is 5.69 Å². The zero-order valence-electron chi connectivity index (χ0n) is 13.6. The molecule has 4 aromatic rings. The average molecular weight is 327 g/mol. The van der Waals surface area contributed by atoms with Crippen molar-refractivity contribution in [2.75, 3.05) is 5.32 Å². The Morgan fingerprint density at radius 2 is 1.28 bits per heavy atom.